The molecule has 1 N–H and O–H groups in total. The van der Waals surface area contributed by atoms with Crippen LogP contribution in [0.3, 0.4) is 0 Å². The second-order valence-corrected chi connectivity index (χ2v) is 8.30. The lowest BCUT2D eigenvalue weighted by Crippen LogP contribution is -2.44. The first-order valence-corrected chi connectivity index (χ1v) is 10.5. The number of nitrogens with zero attached hydrogens (tertiary/aromatic N) is 2. The lowest BCUT2D eigenvalue weighted by Gasteiger charge is -2.35. The van der Waals surface area contributed by atoms with E-state index in [1.165, 1.54) is 0 Å². The van der Waals surface area contributed by atoms with Gasteiger partial charge < -0.3 is 15.0 Å². The van der Waals surface area contributed by atoms with E-state index in [-0.39, 0.29) is 17.7 Å². The normalized spacial score (nSPS) is 28.7. The smallest absolute Gasteiger partial charge is 0.225 e. The van der Waals surface area contributed by atoms with Gasteiger partial charge in [-0.05, 0) is 44.4 Å². The number of likely N-dealkylation sites (tertiary alicyclic amines) is 1. The van der Waals surface area contributed by atoms with Crippen LogP contribution in [0.1, 0.15) is 45.4 Å². The van der Waals surface area contributed by atoms with Crippen LogP contribution in [0.2, 0.25) is 0 Å². The topological polar surface area (TPSA) is 61.9 Å². The van der Waals surface area contributed by atoms with E-state index in [0.717, 1.165) is 90.4 Å². The number of piperidine rings is 1. The van der Waals surface area contributed by atoms with Crippen molar-refractivity contribution in [2.45, 2.75) is 45.4 Å². The molecule has 1 saturated carbocycles. The van der Waals surface area contributed by atoms with Gasteiger partial charge in [-0.2, -0.15) is 0 Å². The van der Waals surface area contributed by atoms with Crippen molar-refractivity contribution in [1.82, 2.24) is 15.1 Å². The number of rotatable bonds is 5. The van der Waals surface area contributed by atoms with Crippen LogP contribution in [0.4, 0.5) is 0 Å². The van der Waals surface area contributed by atoms with Crippen molar-refractivity contribution in [2.75, 3.05) is 52.5 Å². The van der Waals surface area contributed by atoms with Crippen LogP contribution in [0.15, 0.2) is 0 Å². The third-order valence-corrected chi connectivity index (χ3v) is 6.37. The SMILES string of the molecule is CC1CCN(C(=O)C2CCC(C(=O)NCCN3CCOCC3)CC2)CC1. The summed E-state index contributed by atoms with van der Waals surface area (Å²) >= 11 is 0. The molecule has 0 aromatic rings. The molecule has 0 aromatic carbocycles. The van der Waals surface area contributed by atoms with Crippen molar-refractivity contribution in [3.05, 3.63) is 0 Å². The summed E-state index contributed by atoms with van der Waals surface area (Å²) in [5.74, 6) is 1.49. The number of hydrogen-bond acceptors (Lipinski definition) is 4. The fourth-order valence-corrected chi connectivity index (χ4v) is 4.40. The van der Waals surface area contributed by atoms with E-state index < -0.39 is 0 Å². The van der Waals surface area contributed by atoms with Crippen molar-refractivity contribution in [1.29, 1.82) is 0 Å². The van der Waals surface area contributed by atoms with Gasteiger partial charge in [0, 0.05) is 51.1 Å². The maximum absolute atomic E-state index is 12.7. The molecule has 0 spiro atoms. The van der Waals surface area contributed by atoms with Crippen molar-refractivity contribution in [3.8, 4) is 0 Å². The van der Waals surface area contributed by atoms with Crippen LogP contribution < -0.4 is 5.32 Å². The molecule has 2 amide bonds. The predicted octanol–water partition coefficient (Wildman–Crippen LogP) is 1.50. The van der Waals surface area contributed by atoms with Crippen molar-refractivity contribution in [2.24, 2.45) is 17.8 Å². The van der Waals surface area contributed by atoms with E-state index in [1.807, 2.05) is 0 Å². The zero-order valence-electron chi connectivity index (χ0n) is 16.3. The fourth-order valence-electron chi connectivity index (χ4n) is 4.40. The molecule has 3 fully saturated rings. The van der Waals surface area contributed by atoms with Gasteiger partial charge in [0.2, 0.25) is 11.8 Å². The quantitative estimate of drug-likeness (QED) is 0.802. The average molecular weight is 366 g/mol. The van der Waals surface area contributed by atoms with E-state index in [9.17, 15) is 9.59 Å². The highest BCUT2D eigenvalue weighted by molar-refractivity contribution is 5.81. The Balaban J connectivity index is 1.33. The number of morpholine rings is 1. The van der Waals surface area contributed by atoms with Gasteiger partial charge in [0.05, 0.1) is 13.2 Å². The number of ether oxygens (including phenoxy) is 1. The standard InChI is InChI=1S/C20H35N3O3/c1-16-6-9-23(10-7-16)20(25)18-4-2-17(3-5-18)19(24)21-8-11-22-12-14-26-15-13-22/h16-18H,2-15H2,1H3,(H,21,24). The van der Waals surface area contributed by atoms with Gasteiger partial charge in [-0.3, -0.25) is 14.5 Å². The molecule has 0 aromatic heterocycles. The maximum atomic E-state index is 12.7. The molecule has 2 aliphatic heterocycles. The molecule has 3 rings (SSSR count). The van der Waals surface area contributed by atoms with Crippen LogP contribution in [-0.2, 0) is 14.3 Å². The summed E-state index contributed by atoms with van der Waals surface area (Å²) < 4.78 is 5.34. The van der Waals surface area contributed by atoms with E-state index in [0.29, 0.717) is 12.5 Å². The number of nitrogens with one attached hydrogen (secondary N) is 1. The number of amides is 2. The van der Waals surface area contributed by atoms with Gasteiger partial charge in [-0.1, -0.05) is 6.92 Å². The van der Waals surface area contributed by atoms with Crippen LogP contribution in [0.25, 0.3) is 0 Å². The Hall–Kier alpha value is -1.14. The van der Waals surface area contributed by atoms with Crippen LogP contribution in [-0.4, -0.2) is 74.1 Å². The molecule has 148 valence electrons. The fraction of sp³-hybridized carbons (Fsp3) is 0.900. The Morgan fingerprint density at radius 3 is 2.19 bits per heavy atom. The van der Waals surface area contributed by atoms with Crippen molar-refractivity contribution in [3.63, 3.8) is 0 Å². The summed E-state index contributed by atoms with van der Waals surface area (Å²) in [4.78, 5) is 29.5. The Kier molecular flexibility index (Phi) is 7.32. The van der Waals surface area contributed by atoms with Gasteiger partial charge >= 0.3 is 0 Å². The lowest BCUT2D eigenvalue weighted by molar-refractivity contribution is -0.139. The van der Waals surface area contributed by atoms with E-state index in [1.54, 1.807) is 0 Å². The van der Waals surface area contributed by atoms with Crippen LogP contribution in [0, 0.1) is 17.8 Å². The monoisotopic (exact) mass is 365 g/mol. The number of carbonyl (C=O) groups excluding carboxylic acids is 2. The predicted molar refractivity (Wildman–Crippen MR) is 101 cm³/mol. The summed E-state index contributed by atoms with van der Waals surface area (Å²) in [6.45, 7) is 9.22. The average Bonchev–Trinajstić information content (AvgIpc) is 2.69. The first-order chi connectivity index (χ1) is 12.6. The largest absolute Gasteiger partial charge is 0.379 e. The minimum absolute atomic E-state index is 0.0881. The molecule has 26 heavy (non-hydrogen) atoms. The molecule has 0 atom stereocenters. The summed E-state index contributed by atoms with van der Waals surface area (Å²) in [5.41, 5.74) is 0. The molecule has 2 heterocycles. The molecule has 0 unspecified atom stereocenters. The summed E-state index contributed by atoms with van der Waals surface area (Å²) in [6, 6.07) is 0. The molecule has 1 aliphatic carbocycles. The third kappa shape index (κ3) is 5.43. The van der Waals surface area contributed by atoms with Gasteiger partial charge in [0.25, 0.3) is 0 Å². The van der Waals surface area contributed by atoms with Gasteiger partial charge in [0.15, 0.2) is 0 Å². The summed E-state index contributed by atoms with van der Waals surface area (Å²) in [5, 5.41) is 3.10. The van der Waals surface area contributed by atoms with Crippen molar-refractivity contribution >= 4 is 11.8 Å². The van der Waals surface area contributed by atoms with Gasteiger partial charge in [0.1, 0.15) is 0 Å². The first-order valence-electron chi connectivity index (χ1n) is 10.5. The van der Waals surface area contributed by atoms with E-state index in [4.69, 9.17) is 4.74 Å². The molecule has 3 aliphatic rings. The minimum Gasteiger partial charge on any atom is -0.379 e. The second kappa shape index (κ2) is 9.70. The molecule has 0 radical (unpaired) electrons. The van der Waals surface area contributed by atoms with Gasteiger partial charge in [-0.15, -0.1) is 0 Å². The molecule has 2 saturated heterocycles. The Labute approximate surface area is 157 Å². The third-order valence-electron chi connectivity index (χ3n) is 6.37. The second-order valence-electron chi connectivity index (χ2n) is 8.30. The molecule has 0 bridgehead atoms. The summed E-state index contributed by atoms with van der Waals surface area (Å²) in [7, 11) is 0. The molecular weight excluding hydrogens is 330 g/mol. The highest BCUT2D eigenvalue weighted by Gasteiger charge is 2.33. The Morgan fingerprint density at radius 1 is 0.923 bits per heavy atom. The highest BCUT2D eigenvalue weighted by Crippen LogP contribution is 2.31. The maximum Gasteiger partial charge on any atom is 0.225 e. The summed E-state index contributed by atoms with van der Waals surface area (Å²) in [6.07, 6.45) is 5.70. The van der Waals surface area contributed by atoms with E-state index in [2.05, 4.69) is 22.0 Å². The van der Waals surface area contributed by atoms with Crippen LogP contribution >= 0.6 is 0 Å². The molecule has 6 heteroatoms. The lowest BCUT2D eigenvalue weighted by atomic mass is 9.80. The minimum atomic E-state index is 0.0881. The van der Waals surface area contributed by atoms with Gasteiger partial charge in [-0.25, -0.2) is 0 Å². The van der Waals surface area contributed by atoms with E-state index >= 15 is 0 Å². The molecule has 6 nitrogen and oxygen atoms in total. The van der Waals surface area contributed by atoms with Crippen LogP contribution in [0.5, 0.6) is 0 Å². The number of hydrogen-bond donors (Lipinski definition) is 1. The number of carbonyl (C=O) groups is 2. The zero-order valence-corrected chi connectivity index (χ0v) is 16.3. The molecular formula is C20H35N3O3. The first kappa shape index (κ1) is 19.6. The Bertz CT molecular complexity index is 463. The Morgan fingerprint density at radius 2 is 1.54 bits per heavy atom. The zero-order chi connectivity index (χ0) is 18.4. The highest BCUT2D eigenvalue weighted by atomic mass is 16.5. The van der Waals surface area contributed by atoms with Crippen molar-refractivity contribution < 1.29 is 14.3 Å².